The van der Waals surface area contributed by atoms with Crippen LogP contribution in [0.4, 0.5) is 0 Å². The standard InChI is InChI=1S/C18H23N3O2/c1-12-16(11-21(2)20-12)15-8-9-19-17(10-15)13-4-6-14(7-5-13)18(22)23-3/h4-7,11,15,17,19H,8-10H2,1-3H3. The first-order valence-electron chi connectivity index (χ1n) is 8.00. The third-order valence-electron chi connectivity index (χ3n) is 4.63. The van der Waals surface area contributed by atoms with Crippen LogP contribution in [0.25, 0.3) is 0 Å². The number of aromatic nitrogens is 2. The van der Waals surface area contributed by atoms with Gasteiger partial charge in [-0.15, -0.1) is 0 Å². The molecule has 2 heterocycles. The minimum absolute atomic E-state index is 0.294. The van der Waals surface area contributed by atoms with Crippen molar-refractivity contribution in [3.8, 4) is 0 Å². The van der Waals surface area contributed by atoms with E-state index in [2.05, 4.69) is 23.5 Å². The van der Waals surface area contributed by atoms with E-state index < -0.39 is 0 Å². The largest absolute Gasteiger partial charge is 0.465 e. The van der Waals surface area contributed by atoms with Crippen LogP contribution in [0.15, 0.2) is 30.5 Å². The fourth-order valence-corrected chi connectivity index (χ4v) is 3.44. The number of piperidine rings is 1. The minimum Gasteiger partial charge on any atom is -0.465 e. The summed E-state index contributed by atoms with van der Waals surface area (Å²) in [6.07, 6.45) is 4.32. The van der Waals surface area contributed by atoms with E-state index in [0.29, 0.717) is 17.5 Å². The SMILES string of the molecule is COC(=O)c1ccc(C2CC(c3cn(C)nc3C)CCN2)cc1. The second-order valence-electron chi connectivity index (χ2n) is 6.19. The van der Waals surface area contributed by atoms with Crippen molar-refractivity contribution < 1.29 is 9.53 Å². The maximum atomic E-state index is 11.5. The van der Waals surface area contributed by atoms with Gasteiger partial charge in [-0.05, 0) is 55.5 Å². The summed E-state index contributed by atoms with van der Waals surface area (Å²) in [5, 5.41) is 8.05. The first kappa shape index (κ1) is 15.7. The number of nitrogens with zero attached hydrogens (tertiary/aromatic N) is 2. The molecule has 1 aromatic carbocycles. The van der Waals surface area contributed by atoms with Crippen molar-refractivity contribution in [3.05, 3.63) is 52.8 Å². The molecule has 1 aliphatic heterocycles. The number of carbonyl (C=O) groups excluding carboxylic acids is 1. The smallest absolute Gasteiger partial charge is 0.337 e. The summed E-state index contributed by atoms with van der Waals surface area (Å²) >= 11 is 0. The van der Waals surface area contributed by atoms with E-state index in [0.717, 1.165) is 25.1 Å². The van der Waals surface area contributed by atoms with Crippen LogP contribution in [0.3, 0.4) is 0 Å². The van der Waals surface area contributed by atoms with E-state index in [-0.39, 0.29) is 5.97 Å². The van der Waals surface area contributed by atoms with E-state index in [1.54, 1.807) is 0 Å². The number of carbonyl (C=O) groups is 1. The fraction of sp³-hybridized carbons (Fsp3) is 0.444. The fourth-order valence-electron chi connectivity index (χ4n) is 3.44. The summed E-state index contributed by atoms with van der Waals surface area (Å²) in [6.45, 7) is 3.07. The zero-order chi connectivity index (χ0) is 16.4. The van der Waals surface area contributed by atoms with Crippen molar-refractivity contribution in [3.63, 3.8) is 0 Å². The van der Waals surface area contributed by atoms with Crippen LogP contribution in [0.5, 0.6) is 0 Å². The topological polar surface area (TPSA) is 56.2 Å². The average Bonchev–Trinajstić information content (AvgIpc) is 2.93. The Hall–Kier alpha value is -2.14. The highest BCUT2D eigenvalue weighted by molar-refractivity contribution is 5.89. The van der Waals surface area contributed by atoms with Crippen LogP contribution in [-0.4, -0.2) is 29.4 Å². The van der Waals surface area contributed by atoms with Gasteiger partial charge in [0.2, 0.25) is 0 Å². The van der Waals surface area contributed by atoms with Crippen LogP contribution < -0.4 is 5.32 Å². The Bertz CT molecular complexity index is 691. The van der Waals surface area contributed by atoms with Crippen molar-refractivity contribution in [2.75, 3.05) is 13.7 Å². The molecule has 2 aromatic rings. The number of nitrogens with one attached hydrogen (secondary N) is 1. The van der Waals surface area contributed by atoms with Gasteiger partial charge >= 0.3 is 5.97 Å². The van der Waals surface area contributed by atoms with Crippen LogP contribution >= 0.6 is 0 Å². The molecular formula is C18H23N3O2. The number of aryl methyl sites for hydroxylation is 2. The molecule has 1 fully saturated rings. The maximum absolute atomic E-state index is 11.5. The molecule has 1 saturated heterocycles. The Morgan fingerprint density at radius 3 is 2.70 bits per heavy atom. The summed E-state index contributed by atoms with van der Waals surface area (Å²) < 4.78 is 6.64. The molecule has 23 heavy (non-hydrogen) atoms. The molecule has 122 valence electrons. The van der Waals surface area contributed by atoms with Gasteiger partial charge in [0.05, 0.1) is 18.4 Å². The lowest BCUT2D eigenvalue weighted by Gasteiger charge is -2.30. The summed E-state index contributed by atoms with van der Waals surface area (Å²) in [4.78, 5) is 11.5. The van der Waals surface area contributed by atoms with Crippen LogP contribution in [0.1, 0.15) is 52.0 Å². The molecule has 3 rings (SSSR count). The van der Waals surface area contributed by atoms with Gasteiger partial charge in [0.25, 0.3) is 0 Å². The molecule has 1 aliphatic rings. The summed E-state index contributed by atoms with van der Waals surface area (Å²) in [5.74, 6) is 0.229. The molecular weight excluding hydrogens is 290 g/mol. The quantitative estimate of drug-likeness (QED) is 0.885. The van der Waals surface area contributed by atoms with E-state index >= 15 is 0 Å². The summed E-state index contributed by atoms with van der Waals surface area (Å²) in [7, 11) is 3.38. The zero-order valence-corrected chi connectivity index (χ0v) is 13.9. The molecule has 5 heteroatoms. The van der Waals surface area contributed by atoms with Crippen molar-refractivity contribution >= 4 is 5.97 Å². The molecule has 0 radical (unpaired) electrons. The first-order chi connectivity index (χ1) is 11.1. The summed E-state index contributed by atoms with van der Waals surface area (Å²) in [6, 6.07) is 8.01. The van der Waals surface area contributed by atoms with Gasteiger partial charge in [-0.2, -0.15) is 5.10 Å². The predicted octanol–water partition coefficient (Wildman–Crippen LogP) is 2.72. The third kappa shape index (κ3) is 3.29. The Labute approximate surface area is 136 Å². The molecule has 2 atom stereocenters. The Balaban J connectivity index is 1.76. The van der Waals surface area contributed by atoms with Crippen molar-refractivity contribution in [1.29, 1.82) is 0 Å². The van der Waals surface area contributed by atoms with Gasteiger partial charge < -0.3 is 10.1 Å². The number of rotatable bonds is 3. The molecule has 5 nitrogen and oxygen atoms in total. The molecule has 0 aliphatic carbocycles. The van der Waals surface area contributed by atoms with Crippen LogP contribution in [0, 0.1) is 6.92 Å². The Morgan fingerprint density at radius 2 is 2.09 bits per heavy atom. The average molecular weight is 313 g/mol. The second kappa shape index (κ2) is 6.54. The van der Waals surface area contributed by atoms with Gasteiger partial charge in [-0.25, -0.2) is 4.79 Å². The number of hydrogen-bond donors (Lipinski definition) is 1. The van der Waals surface area contributed by atoms with Gasteiger partial charge in [0, 0.05) is 19.3 Å². The monoisotopic (exact) mass is 313 g/mol. The number of benzene rings is 1. The number of ether oxygens (including phenoxy) is 1. The highest BCUT2D eigenvalue weighted by atomic mass is 16.5. The first-order valence-corrected chi connectivity index (χ1v) is 8.00. The van der Waals surface area contributed by atoms with Crippen molar-refractivity contribution in [2.24, 2.45) is 7.05 Å². The number of esters is 1. The molecule has 0 amide bonds. The maximum Gasteiger partial charge on any atom is 0.337 e. The van der Waals surface area contributed by atoms with Gasteiger partial charge in [-0.3, -0.25) is 4.68 Å². The number of hydrogen-bond acceptors (Lipinski definition) is 4. The molecule has 1 N–H and O–H groups in total. The molecule has 0 spiro atoms. The third-order valence-corrected chi connectivity index (χ3v) is 4.63. The highest BCUT2D eigenvalue weighted by Crippen LogP contribution is 2.35. The lowest BCUT2D eigenvalue weighted by Crippen LogP contribution is -2.31. The Morgan fingerprint density at radius 1 is 1.35 bits per heavy atom. The Kier molecular flexibility index (Phi) is 4.48. The lowest BCUT2D eigenvalue weighted by molar-refractivity contribution is 0.0600. The van der Waals surface area contributed by atoms with E-state index in [4.69, 9.17) is 4.74 Å². The predicted molar refractivity (Wildman–Crippen MR) is 88.4 cm³/mol. The van der Waals surface area contributed by atoms with E-state index in [1.807, 2.05) is 36.0 Å². The molecule has 2 unspecified atom stereocenters. The van der Waals surface area contributed by atoms with E-state index in [9.17, 15) is 4.79 Å². The van der Waals surface area contributed by atoms with Gasteiger partial charge in [0.15, 0.2) is 0 Å². The van der Waals surface area contributed by atoms with Crippen molar-refractivity contribution in [2.45, 2.75) is 31.7 Å². The molecule has 0 saturated carbocycles. The van der Waals surface area contributed by atoms with Crippen molar-refractivity contribution in [1.82, 2.24) is 15.1 Å². The highest BCUT2D eigenvalue weighted by Gasteiger charge is 2.26. The van der Waals surface area contributed by atoms with E-state index in [1.165, 1.54) is 18.2 Å². The summed E-state index contributed by atoms with van der Waals surface area (Å²) in [5.41, 5.74) is 4.28. The number of methoxy groups -OCH3 is 1. The molecule has 0 bridgehead atoms. The second-order valence-corrected chi connectivity index (χ2v) is 6.19. The molecule has 1 aromatic heterocycles. The normalized spacial score (nSPS) is 21.2. The zero-order valence-electron chi connectivity index (χ0n) is 13.9. The van der Waals surface area contributed by atoms with Gasteiger partial charge in [0.1, 0.15) is 0 Å². The van der Waals surface area contributed by atoms with Gasteiger partial charge in [-0.1, -0.05) is 12.1 Å². The minimum atomic E-state index is -0.294. The lowest BCUT2D eigenvalue weighted by atomic mass is 9.84. The van der Waals surface area contributed by atoms with Crippen LogP contribution in [-0.2, 0) is 11.8 Å². The van der Waals surface area contributed by atoms with Crippen LogP contribution in [0.2, 0.25) is 0 Å².